The number of carbonyl (C=O) groups excluding carboxylic acids is 2. The number of anilines is 1. The first-order valence-corrected chi connectivity index (χ1v) is 14.9. The van der Waals surface area contributed by atoms with Gasteiger partial charge >= 0.3 is 0 Å². The summed E-state index contributed by atoms with van der Waals surface area (Å²) in [5.74, 6) is -0.842. The summed E-state index contributed by atoms with van der Waals surface area (Å²) in [6.07, 6.45) is 1.29. The second kappa shape index (κ2) is 12.7. The van der Waals surface area contributed by atoms with Gasteiger partial charge in [-0.3, -0.25) is 13.9 Å². The van der Waals surface area contributed by atoms with Crippen molar-refractivity contribution in [1.82, 2.24) is 10.2 Å². The van der Waals surface area contributed by atoms with Crippen LogP contribution in [0, 0.1) is 6.92 Å². The highest BCUT2D eigenvalue weighted by atomic mass is 35.5. The molecule has 0 aromatic heterocycles. The van der Waals surface area contributed by atoms with E-state index in [4.69, 9.17) is 11.6 Å². The molecule has 0 heterocycles. The summed E-state index contributed by atoms with van der Waals surface area (Å²) in [6.45, 7) is 7.18. The summed E-state index contributed by atoms with van der Waals surface area (Å²) in [4.78, 5) is 29.3. The summed E-state index contributed by atoms with van der Waals surface area (Å²) in [6, 6.07) is 22.6. The number of para-hydroxylation sites is 1. The average Bonchev–Trinajstić information content (AvgIpc) is 2.85. The van der Waals surface area contributed by atoms with Gasteiger partial charge in [0.05, 0.1) is 17.0 Å². The van der Waals surface area contributed by atoms with E-state index >= 15 is 0 Å². The first-order valence-electron chi connectivity index (χ1n) is 12.7. The fourth-order valence-electron chi connectivity index (χ4n) is 4.23. The van der Waals surface area contributed by atoms with E-state index in [0.29, 0.717) is 0 Å². The van der Waals surface area contributed by atoms with Crippen LogP contribution in [-0.2, 0) is 32.6 Å². The number of benzene rings is 3. The standard InChI is InChI=1S/C30H36ClN3O4S/c1-22-13-9-10-16-24(22)20-33(27(29(36)32-30(2,3)4)19-23-14-7-6-8-15-23)28(35)21-34(39(5,37)38)26-18-12-11-17-25(26)31/h6-18,27H,19-21H2,1-5H3,(H,32,36)/t27-/m1/s1. The molecule has 9 heteroatoms. The number of carbonyl (C=O) groups is 2. The van der Waals surface area contributed by atoms with Gasteiger partial charge in [0.2, 0.25) is 21.8 Å². The van der Waals surface area contributed by atoms with Crippen LogP contribution < -0.4 is 9.62 Å². The third-order valence-electron chi connectivity index (χ3n) is 6.17. The zero-order valence-electron chi connectivity index (χ0n) is 23.0. The van der Waals surface area contributed by atoms with E-state index in [0.717, 1.165) is 27.3 Å². The minimum absolute atomic E-state index is 0.126. The van der Waals surface area contributed by atoms with Crippen LogP contribution in [-0.4, -0.2) is 49.5 Å². The molecule has 1 N–H and O–H groups in total. The van der Waals surface area contributed by atoms with E-state index in [1.165, 1.54) is 4.90 Å². The Hall–Kier alpha value is -3.36. The van der Waals surface area contributed by atoms with Crippen molar-refractivity contribution in [3.05, 3.63) is 101 Å². The van der Waals surface area contributed by atoms with Gasteiger partial charge in [0.15, 0.2) is 0 Å². The monoisotopic (exact) mass is 569 g/mol. The molecule has 0 fully saturated rings. The lowest BCUT2D eigenvalue weighted by Crippen LogP contribution is -2.56. The van der Waals surface area contributed by atoms with Gasteiger partial charge in [-0.15, -0.1) is 0 Å². The minimum Gasteiger partial charge on any atom is -0.350 e. The predicted octanol–water partition coefficient (Wildman–Crippen LogP) is 4.97. The van der Waals surface area contributed by atoms with Crippen molar-refractivity contribution in [2.45, 2.75) is 52.2 Å². The van der Waals surface area contributed by atoms with Crippen LogP contribution in [0.5, 0.6) is 0 Å². The highest BCUT2D eigenvalue weighted by molar-refractivity contribution is 7.92. The largest absolute Gasteiger partial charge is 0.350 e. The van der Waals surface area contributed by atoms with Crippen LogP contribution >= 0.6 is 11.6 Å². The van der Waals surface area contributed by atoms with Crippen LogP contribution in [0.25, 0.3) is 0 Å². The van der Waals surface area contributed by atoms with Crippen LogP contribution in [0.4, 0.5) is 5.69 Å². The lowest BCUT2D eigenvalue weighted by Gasteiger charge is -2.35. The topological polar surface area (TPSA) is 86.8 Å². The number of halogens is 1. The molecule has 0 aliphatic rings. The summed E-state index contributed by atoms with van der Waals surface area (Å²) in [5.41, 5.74) is 2.34. The number of hydrogen-bond acceptors (Lipinski definition) is 4. The Kier molecular flexibility index (Phi) is 9.80. The molecule has 0 aliphatic heterocycles. The molecule has 0 saturated carbocycles. The summed E-state index contributed by atoms with van der Waals surface area (Å²) in [5, 5.41) is 3.22. The maximum atomic E-state index is 14.1. The molecule has 0 aliphatic carbocycles. The van der Waals surface area contributed by atoms with Crippen molar-refractivity contribution in [1.29, 1.82) is 0 Å². The predicted molar refractivity (Wildman–Crippen MR) is 157 cm³/mol. The fourth-order valence-corrected chi connectivity index (χ4v) is 5.38. The first kappa shape index (κ1) is 30.2. The molecule has 3 aromatic carbocycles. The third-order valence-corrected chi connectivity index (χ3v) is 7.62. The van der Waals surface area contributed by atoms with E-state index < -0.39 is 34.1 Å². The molecule has 0 bridgehead atoms. The SMILES string of the molecule is Cc1ccccc1CN(C(=O)CN(c1ccccc1Cl)S(C)(=O)=O)[C@H](Cc1ccccc1)C(=O)NC(C)(C)C. The first-order chi connectivity index (χ1) is 18.3. The molecule has 0 saturated heterocycles. The lowest BCUT2D eigenvalue weighted by molar-refractivity contribution is -0.140. The molecule has 7 nitrogen and oxygen atoms in total. The van der Waals surface area contributed by atoms with Gasteiger partial charge in [0, 0.05) is 18.5 Å². The quantitative estimate of drug-likeness (QED) is 0.373. The zero-order valence-corrected chi connectivity index (χ0v) is 24.6. The second-order valence-electron chi connectivity index (χ2n) is 10.6. The number of nitrogens with one attached hydrogen (secondary N) is 1. The Morgan fingerprint density at radius 1 is 0.923 bits per heavy atom. The molecular weight excluding hydrogens is 534 g/mol. The molecule has 3 aromatic rings. The van der Waals surface area contributed by atoms with Crippen LogP contribution in [0.2, 0.25) is 5.02 Å². The fraction of sp³-hybridized carbons (Fsp3) is 0.333. The van der Waals surface area contributed by atoms with Gasteiger partial charge in [0.25, 0.3) is 0 Å². The van der Waals surface area contributed by atoms with Gasteiger partial charge < -0.3 is 10.2 Å². The van der Waals surface area contributed by atoms with Gasteiger partial charge in [-0.2, -0.15) is 0 Å². The molecule has 39 heavy (non-hydrogen) atoms. The van der Waals surface area contributed by atoms with Gasteiger partial charge in [-0.1, -0.05) is 78.3 Å². The van der Waals surface area contributed by atoms with E-state index in [1.807, 2.05) is 82.3 Å². The van der Waals surface area contributed by atoms with E-state index in [2.05, 4.69) is 5.32 Å². The lowest BCUT2D eigenvalue weighted by atomic mass is 10.00. The highest BCUT2D eigenvalue weighted by Crippen LogP contribution is 2.28. The summed E-state index contributed by atoms with van der Waals surface area (Å²) in [7, 11) is -3.88. The highest BCUT2D eigenvalue weighted by Gasteiger charge is 2.34. The van der Waals surface area contributed by atoms with E-state index in [-0.39, 0.29) is 29.6 Å². The van der Waals surface area contributed by atoms with Gasteiger partial charge in [-0.05, 0) is 56.5 Å². The zero-order chi connectivity index (χ0) is 28.8. The van der Waals surface area contributed by atoms with Crippen LogP contribution in [0.3, 0.4) is 0 Å². The van der Waals surface area contributed by atoms with Gasteiger partial charge in [0.1, 0.15) is 12.6 Å². The van der Waals surface area contributed by atoms with Crippen molar-refractivity contribution in [3.63, 3.8) is 0 Å². The maximum absolute atomic E-state index is 14.1. The Bertz CT molecular complexity index is 1400. The molecule has 0 radical (unpaired) electrons. The number of rotatable bonds is 10. The normalized spacial score (nSPS) is 12.5. The Labute approximate surface area is 236 Å². The Morgan fingerprint density at radius 2 is 1.51 bits per heavy atom. The number of aryl methyl sites for hydroxylation is 1. The number of amides is 2. The molecule has 1 atom stereocenters. The van der Waals surface area contributed by atoms with E-state index in [1.54, 1.807) is 24.3 Å². The van der Waals surface area contributed by atoms with Gasteiger partial charge in [-0.25, -0.2) is 8.42 Å². The Morgan fingerprint density at radius 3 is 2.10 bits per heavy atom. The van der Waals surface area contributed by atoms with Crippen molar-refractivity contribution in [2.24, 2.45) is 0 Å². The molecule has 0 spiro atoms. The number of hydrogen-bond donors (Lipinski definition) is 1. The summed E-state index contributed by atoms with van der Waals surface area (Å²) >= 11 is 6.34. The molecule has 0 unspecified atom stereocenters. The molecular formula is C30H36ClN3O4S. The third kappa shape index (κ3) is 8.57. The number of nitrogens with zero attached hydrogens (tertiary/aromatic N) is 2. The molecule has 3 rings (SSSR count). The van der Waals surface area contributed by atoms with Crippen molar-refractivity contribution in [2.75, 3.05) is 17.1 Å². The second-order valence-corrected chi connectivity index (χ2v) is 12.9. The number of sulfonamides is 1. The molecule has 2 amide bonds. The van der Waals surface area contributed by atoms with Crippen molar-refractivity contribution in [3.8, 4) is 0 Å². The Balaban J connectivity index is 2.10. The van der Waals surface area contributed by atoms with Crippen LogP contribution in [0.15, 0.2) is 78.9 Å². The van der Waals surface area contributed by atoms with Crippen molar-refractivity contribution >= 4 is 39.1 Å². The maximum Gasteiger partial charge on any atom is 0.244 e. The minimum atomic E-state index is -3.88. The summed E-state index contributed by atoms with van der Waals surface area (Å²) < 4.78 is 26.7. The van der Waals surface area contributed by atoms with Crippen molar-refractivity contribution < 1.29 is 18.0 Å². The van der Waals surface area contributed by atoms with E-state index in [9.17, 15) is 18.0 Å². The smallest absolute Gasteiger partial charge is 0.244 e. The van der Waals surface area contributed by atoms with Crippen LogP contribution in [0.1, 0.15) is 37.5 Å². The average molecular weight is 570 g/mol. The molecule has 208 valence electrons.